The number of benzene rings is 4. The van der Waals surface area contributed by atoms with E-state index in [-0.39, 0.29) is 5.56 Å². The van der Waals surface area contributed by atoms with Crippen LogP contribution < -0.4 is 9.64 Å². The van der Waals surface area contributed by atoms with Crippen molar-refractivity contribution >= 4 is 34.5 Å². The molecule has 1 aliphatic rings. The fraction of sp³-hybridized carbons (Fsp3) is 0. The Morgan fingerprint density at radius 3 is 1.76 bits per heavy atom. The van der Waals surface area contributed by atoms with Gasteiger partial charge in [0, 0.05) is 29.3 Å². The van der Waals surface area contributed by atoms with Crippen molar-refractivity contribution in [2.45, 2.75) is 0 Å². The van der Waals surface area contributed by atoms with Crippen molar-refractivity contribution in [3.05, 3.63) is 121 Å². The Balaban J connectivity index is 1.30. The van der Waals surface area contributed by atoms with E-state index in [1.54, 1.807) is 18.2 Å². The lowest BCUT2D eigenvalue weighted by Crippen LogP contribution is -2.29. The summed E-state index contributed by atoms with van der Waals surface area (Å²) in [7, 11) is 0. The number of carbonyl (C=O) groups is 3. The molecular formula is C31H19N3O4. The lowest BCUT2D eigenvalue weighted by Gasteiger charge is -2.14. The molecule has 0 saturated carbocycles. The highest BCUT2D eigenvalue weighted by Gasteiger charge is 2.25. The van der Waals surface area contributed by atoms with Crippen LogP contribution in [0.1, 0.15) is 10.4 Å². The number of hydrogen-bond acceptors (Lipinski definition) is 6. The molecule has 1 aromatic heterocycles. The summed E-state index contributed by atoms with van der Waals surface area (Å²) in [6, 6.07) is 30.9. The quantitative estimate of drug-likeness (QED) is 0.178. The Morgan fingerprint density at radius 1 is 0.632 bits per heavy atom. The van der Waals surface area contributed by atoms with E-state index in [9.17, 15) is 14.4 Å². The Bertz CT molecular complexity index is 1710. The van der Waals surface area contributed by atoms with Gasteiger partial charge < -0.3 is 4.74 Å². The Morgan fingerprint density at radius 2 is 1.18 bits per heavy atom. The van der Waals surface area contributed by atoms with E-state index < -0.39 is 17.8 Å². The van der Waals surface area contributed by atoms with E-state index in [0.717, 1.165) is 27.4 Å². The molecule has 7 heteroatoms. The van der Waals surface area contributed by atoms with Crippen LogP contribution >= 0.6 is 0 Å². The summed E-state index contributed by atoms with van der Waals surface area (Å²) >= 11 is 0. The molecule has 182 valence electrons. The van der Waals surface area contributed by atoms with Crippen LogP contribution in [0.15, 0.2) is 115 Å². The molecule has 0 saturated heterocycles. The van der Waals surface area contributed by atoms with Crippen molar-refractivity contribution in [1.29, 1.82) is 0 Å². The SMILES string of the molecule is O=C(Oc1ccc2nc(-c3ccccc3)c(-c3ccccc3)nc2c1)c1ccc(N2C(=O)C=CC2=O)cc1. The third kappa shape index (κ3) is 4.33. The number of nitrogens with zero attached hydrogens (tertiary/aromatic N) is 3. The second-order valence-electron chi connectivity index (χ2n) is 8.59. The number of rotatable bonds is 5. The maximum Gasteiger partial charge on any atom is 0.343 e. The molecule has 0 fully saturated rings. The standard InChI is InChI=1S/C31H19N3O4/c35-27-17-18-28(36)34(27)23-13-11-22(12-14-23)31(37)38-24-15-16-25-26(19-24)33-30(21-9-5-2-6-10-21)29(32-25)20-7-3-1-4-8-20/h1-19H. The number of ether oxygens (including phenoxy) is 1. The van der Waals surface area contributed by atoms with Crippen LogP contribution in [0, 0.1) is 0 Å². The molecule has 0 atom stereocenters. The van der Waals surface area contributed by atoms with Gasteiger partial charge in [-0.1, -0.05) is 60.7 Å². The normalized spacial score (nSPS) is 12.8. The molecule has 0 spiro atoms. The van der Waals surface area contributed by atoms with Crippen molar-refractivity contribution in [3.8, 4) is 28.3 Å². The fourth-order valence-corrected chi connectivity index (χ4v) is 4.26. The van der Waals surface area contributed by atoms with E-state index in [2.05, 4.69) is 0 Å². The summed E-state index contributed by atoms with van der Waals surface area (Å²) < 4.78 is 5.61. The third-order valence-corrected chi connectivity index (χ3v) is 6.11. The largest absolute Gasteiger partial charge is 0.423 e. The van der Waals surface area contributed by atoms with E-state index in [0.29, 0.717) is 22.5 Å². The maximum atomic E-state index is 12.8. The molecule has 38 heavy (non-hydrogen) atoms. The first-order chi connectivity index (χ1) is 18.6. The van der Waals surface area contributed by atoms with Crippen LogP contribution in [-0.4, -0.2) is 27.8 Å². The number of fused-ring (bicyclic) bond motifs is 1. The zero-order valence-corrected chi connectivity index (χ0v) is 19.9. The molecule has 0 N–H and O–H groups in total. The average Bonchev–Trinajstić information content (AvgIpc) is 3.30. The van der Waals surface area contributed by atoms with Gasteiger partial charge in [-0.2, -0.15) is 0 Å². The minimum atomic E-state index is -0.578. The lowest BCUT2D eigenvalue weighted by molar-refractivity contribution is -0.119. The third-order valence-electron chi connectivity index (χ3n) is 6.11. The second kappa shape index (κ2) is 9.55. The summed E-state index contributed by atoms with van der Waals surface area (Å²) in [5.41, 5.74) is 5.27. The number of imide groups is 1. The molecular weight excluding hydrogens is 478 g/mol. The minimum Gasteiger partial charge on any atom is -0.423 e. The molecule has 1 aliphatic heterocycles. The monoisotopic (exact) mass is 497 g/mol. The highest BCUT2D eigenvalue weighted by molar-refractivity contribution is 6.28. The van der Waals surface area contributed by atoms with Crippen molar-refractivity contribution in [2.75, 3.05) is 4.90 Å². The molecule has 0 bridgehead atoms. The van der Waals surface area contributed by atoms with Gasteiger partial charge in [0.15, 0.2) is 0 Å². The van der Waals surface area contributed by atoms with E-state index in [1.165, 1.54) is 36.4 Å². The van der Waals surface area contributed by atoms with Gasteiger partial charge in [0.25, 0.3) is 11.8 Å². The molecule has 0 aliphatic carbocycles. The number of aromatic nitrogens is 2. The predicted octanol–water partition coefficient (Wildman–Crippen LogP) is 5.61. The number of hydrogen-bond donors (Lipinski definition) is 0. The number of anilines is 1. The number of esters is 1. The highest BCUT2D eigenvalue weighted by atomic mass is 16.5. The van der Waals surface area contributed by atoms with Crippen LogP contribution in [0.2, 0.25) is 0 Å². The van der Waals surface area contributed by atoms with E-state index in [4.69, 9.17) is 14.7 Å². The van der Waals surface area contributed by atoms with Gasteiger partial charge in [-0.15, -0.1) is 0 Å². The molecule has 5 aromatic rings. The van der Waals surface area contributed by atoms with E-state index in [1.807, 2.05) is 60.7 Å². The molecule has 0 radical (unpaired) electrons. The smallest absolute Gasteiger partial charge is 0.343 e. The average molecular weight is 498 g/mol. The van der Waals surface area contributed by atoms with Crippen LogP contribution in [0.5, 0.6) is 5.75 Å². The number of carbonyl (C=O) groups excluding carboxylic acids is 3. The Hall–Kier alpha value is -5.43. The van der Waals surface area contributed by atoms with Gasteiger partial charge in [0.2, 0.25) is 0 Å². The lowest BCUT2D eigenvalue weighted by atomic mass is 10.0. The first-order valence-corrected chi connectivity index (χ1v) is 11.9. The van der Waals surface area contributed by atoms with Gasteiger partial charge in [-0.3, -0.25) is 9.59 Å². The summed E-state index contributed by atoms with van der Waals surface area (Å²) in [5.74, 6) is -1.10. The van der Waals surface area contributed by atoms with Gasteiger partial charge in [-0.25, -0.2) is 19.7 Å². The van der Waals surface area contributed by atoms with Gasteiger partial charge >= 0.3 is 5.97 Å². The fourth-order valence-electron chi connectivity index (χ4n) is 4.26. The molecule has 6 rings (SSSR count). The van der Waals surface area contributed by atoms with Gasteiger partial charge in [-0.05, 0) is 36.4 Å². The predicted molar refractivity (Wildman–Crippen MR) is 143 cm³/mol. The number of amides is 2. The minimum absolute atomic E-state index is 0.274. The summed E-state index contributed by atoms with van der Waals surface area (Å²) in [6.45, 7) is 0. The molecule has 2 amide bonds. The molecule has 7 nitrogen and oxygen atoms in total. The van der Waals surface area contributed by atoms with Crippen LogP contribution in [-0.2, 0) is 9.59 Å². The van der Waals surface area contributed by atoms with Crippen molar-refractivity contribution in [2.24, 2.45) is 0 Å². The second-order valence-corrected chi connectivity index (χ2v) is 8.59. The summed E-state index contributed by atoms with van der Waals surface area (Å²) in [6.07, 6.45) is 2.41. The van der Waals surface area contributed by atoms with Crippen molar-refractivity contribution in [1.82, 2.24) is 9.97 Å². The zero-order chi connectivity index (χ0) is 26.1. The maximum absolute atomic E-state index is 12.8. The van der Waals surface area contributed by atoms with Gasteiger partial charge in [0.1, 0.15) is 5.75 Å². The summed E-state index contributed by atoms with van der Waals surface area (Å²) in [5, 5.41) is 0. The Kier molecular flexibility index (Phi) is 5.78. The summed E-state index contributed by atoms with van der Waals surface area (Å²) in [4.78, 5) is 47.4. The van der Waals surface area contributed by atoms with E-state index >= 15 is 0 Å². The topological polar surface area (TPSA) is 89.5 Å². The first kappa shape index (κ1) is 23.0. The van der Waals surface area contributed by atoms with Crippen LogP contribution in [0.3, 0.4) is 0 Å². The van der Waals surface area contributed by atoms with Crippen LogP contribution in [0.25, 0.3) is 33.5 Å². The molecule has 0 unspecified atom stereocenters. The van der Waals surface area contributed by atoms with Gasteiger partial charge in [0.05, 0.1) is 33.7 Å². The Labute approximate surface area is 217 Å². The van der Waals surface area contributed by atoms with Crippen molar-refractivity contribution in [3.63, 3.8) is 0 Å². The first-order valence-electron chi connectivity index (χ1n) is 11.9. The van der Waals surface area contributed by atoms with Crippen LogP contribution in [0.4, 0.5) is 5.69 Å². The van der Waals surface area contributed by atoms with Crippen molar-refractivity contribution < 1.29 is 19.1 Å². The zero-order valence-electron chi connectivity index (χ0n) is 19.9. The molecule has 4 aromatic carbocycles. The highest BCUT2D eigenvalue weighted by Crippen LogP contribution is 2.32. The molecule has 2 heterocycles.